The van der Waals surface area contributed by atoms with E-state index in [0.717, 1.165) is 18.5 Å². The van der Waals surface area contributed by atoms with Crippen LogP contribution in [0.3, 0.4) is 0 Å². The molecule has 0 saturated carbocycles. The zero-order valence-electron chi connectivity index (χ0n) is 11.0. The molecule has 0 spiro atoms. The smallest absolute Gasteiger partial charge is 0.274 e. The van der Waals surface area contributed by atoms with Crippen molar-refractivity contribution < 1.29 is 4.79 Å². The van der Waals surface area contributed by atoms with Crippen LogP contribution >= 0.6 is 0 Å². The fourth-order valence-electron chi connectivity index (χ4n) is 2.40. The third-order valence-corrected chi connectivity index (χ3v) is 3.39. The van der Waals surface area contributed by atoms with E-state index in [0.29, 0.717) is 23.6 Å². The zero-order valence-corrected chi connectivity index (χ0v) is 11.0. The summed E-state index contributed by atoms with van der Waals surface area (Å²) in [6.07, 6.45) is 2.62. The second-order valence-electron chi connectivity index (χ2n) is 4.80. The Morgan fingerprint density at radius 3 is 3.10 bits per heavy atom. The Bertz CT molecular complexity index is 654. The van der Waals surface area contributed by atoms with Gasteiger partial charge in [-0.05, 0) is 42.8 Å². The number of benzene rings is 1. The first-order valence-corrected chi connectivity index (χ1v) is 6.58. The van der Waals surface area contributed by atoms with Gasteiger partial charge in [-0.2, -0.15) is 0 Å². The molecule has 3 rings (SSSR count). The average Bonchev–Trinajstić information content (AvgIpc) is 2.46. The molecule has 0 atom stereocenters. The Morgan fingerprint density at radius 2 is 2.25 bits per heavy atom. The van der Waals surface area contributed by atoms with E-state index in [-0.39, 0.29) is 5.91 Å². The van der Waals surface area contributed by atoms with Crippen molar-refractivity contribution in [3.8, 4) is 0 Å². The Balaban J connectivity index is 1.88. The molecule has 20 heavy (non-hydrogen) atoms. The lowest BCUT2D eigenvalue weighted by atomic mass is 10.00. The fraction of sp³-hybridized carbons (Fsp3) is 0.200. The molecule has 1 aromatic heterocycles. The van der Waals surface area contributed by atoms with Crippen molar-refractivity contribution in [2.45, 2.75) is 13.0 Å². The van der Waals surface area contributed by atoms with Gasteiger partial charge < -0.3 is 16.4 Å². The number of carbonyl (C=O) groups is 1. The molecular formula is C15H16N4O. The molecule has 1 aromatic carbocycles. The molecule has 4 N–H and O–H groups in total. The first kappa shape index (κ1) is 12.6. The van der Waals surface area contributed by atoms with Gasteiger partial charge >= 0.3 is 0 Å². The number of fused-ring (bicyclic) bond motifs is 1. The second kappa shape index (κ2) is 5.30. The van der Waals surface area contributed by atoms with E-state index in [1.807, 2.05) is 12.1 Å². The molecule has 0 fully saturated rings. The number of hydrogen-bond acceptors (Lipinski definition) is 4. The molecule has 2 heterocycles. The number of amides is 1. The largest absolute Gasteiger partial charge is 0.399 e. The summed E-state index contributed by atoms with van der Waals surface area (Å²) in [6.45, 7) is 1.62. The highest BCUT2D eigenvalue weighted by Gasteiger charge is 2.18. The summed E-state index contributed by atoms with van der Waals surface area (Å²) in [5, 5.41) is 6.11. The molecule has 0 bridgehead atoms. The highest BCUT2D eigenvalue weighted by atomic mass is 16.1. The van der Waals surface area contributed by atoms with Crippen LogP contribution in [-0.4, -0.2) is 17.4 Å². The predicted molar refractivity (Wildman–Crippen MR) is 78.5 cm³/mol. The van der Waals surface area contributed by atoms with Crippen molar-refractivity contribution in [1.29, 1.82) is 0 Å². The lowest BCUT2D eigenvalue weighted by Crippen LogP contribution is -2.27. The molecule has 5 nitrogen and oxygen atoms in total. The van der Waals surface area contributed by atoms with Crippen molar-refractivity contribution >= 4 is 17.3 Å². The molecular weight excluding hydrogens is 252 g/mol. The molecule has 1 aliphatic rings. The molecule has 0 radical (unpaired) electrons. The number of nitrogens with zero attached hydrogens (tertiary/aromatic N) is 1. The Morgan fingerprint density at radius 1 is 1.35 bits per heavy atom. The topological polar surface area (TPSA) is 80.0 Å². The monoisotopic (exact) mass is 268 g/mol. The van der Waals surface area contributed by atoms with Gasteiger partial charge in [-0.3, -0.25) is 9.78 Å². The van der Waals surface area contributed by atoms with Crippen LogP contribution in [0.5, 0.6) is 0 Å². The molecule has 1 amide bonds. The minimum Gasteiger partial charge on any atom is -0.399 e. The van der Waals surface area contributed by atoms with E-state index in [1.165, 1.54) is 5.56 Å². The van der Waals surface area contributed by atoms with E-state index < -0.39 is 0 Å². The summed E-state index contributed by atoms with van der Waals surface area (Å²) >= 11 is 0. The summed E-state index contributed by atoms with van der Waals surface area (Å²) in [6, 6.07) is 9.10. The van der Waals surface area contributed by atoms with Crippen LogP contribution in [-0.2, 0) is 13.0 Å². The van der Waals surface area contributed by atoms with E-state index in [4.69, 9.17) is 5.73 Å². The Labute approximate surface area is 117 Å². The van der Waals surface area contributed by atoms with Crippen LogP contribution in [0.25, 0.3) is 0 Å². The summed E-state index contributed by atoms with van der Waals surface area (Å²) in [4.78, 5) is 16.6. The first-order chi connectivity index (χ1) is 9.74. The van der Waals surface area contributed by atoms with Gasteiger partial charge in [0.2, 0.25) is 0 Å². The number of nitrogen functional groups attached to an aromatic ring is 1. The van der Waals surface area contributed by atoms with Crippen LogP contribution in [0, 0.1) is 0 Å². The summed E-state index contributed by atoms with van der Waals surface area (Å²) in [7, 11) is 0. The van der Waals surface area contributed by atoms with E-state index in [2.05, 4.69) is 15.6 Å². The summed E-state index contributed by atoms with van der Waals surface area (Å²) < 4.78 is 0. The minimum absolute atomic E-state index is 0.198. The lowest BCUT2D eigenvalue weighted by Gasteiger charge is -2.19. The number of pyridine rings is 1. The average molecular weight is 268 g/mol. The number of aromatic nitrogens is 1. The zero-order chi connectivity index (χ0) is 13.9. The SMILES string of the molecule is Nc1cccc(NC(=O)c2nccc3c2CNCC3)c1. The third-order valence-electron chi connectivity index (χ3n) is 3.39. The van der Waals surface area contributed by atoms with Crippen molar-refractivity contribution in [2.24, 2.45) is 0 Å². The second-order valence-corrected chi connectivity index (χ2v) is 4.80. The molecule has 0 unspecified atom stereocenters. The highest BCUT2D eigenvalue weighted by Crippen LogP contribution is 2.18. The lowest BCUT2D eigenvalue weighted by molar-refractivity contribution is 0.102. The van der Waals surface area contributed by atoms with E-state index in [1.54, 1.807) is 24.4 Å². The standard InChI is InChI=1S/C15H16N4O/c16-11-2-1-3-12(8-11)19-15(20)14-13-9-17-6-4-10(13)5-7-18-14/h1-3,5,7-8,17H,4,6,9,16H2,(H,19,20). The van der Waals surface area contributed by atoms with Gasteiger partial charge in [-0.15, -0.1) is 0 Å². The van der Waals surface area contributed by atoms with Crippen molar-refractivity contribution in [2.75, 3.05) is 17.6 Å². The summed E-state index contributed by atoms with van der Waals surface area (Å²) in [5.41, 5.74) is 9.66. The molecule has 0 aliphatic carbocycles. The Hall–Kier alpha value is -2.40. The van der Waals surface area contributed by atoms with E-state index >= 15 is 0 Å². The van der Waals surface area contributed by atoms with Gasteiger partial charge in [0, 0.05) is 29.7 Å². The van der Waals surface area contributed by atoms with Gasteiger partial charge in [-0.1, -0.05) is 6.07 Å². The van der Waals surface area contributed by atoms with Crippen molar-refractivity contribution in [3.63, 3.8) is 0 Å². The van der Waals surface area contributed by atoms with Gasteiger partial charge in [-0.25, -0.2) is 0 Å². The molecule has 0 saturated heterocycles. The number of rotatable bonds is 2. The van der Waals surface area contributed by atoms with Gasteiger partial charge in [0.1, 0.15) is 5.69 Å². The number of nitrogens with two attached hydrogens (primary N) is 1. The van der Waals surface area contributed by atoms with Crippen LogP contribution in [0.2, 0.25) is 0 Å². The molecule has 5 heteroatoms. The van der Waals surface area contributed by atoms with Crippen LogP contribution < -0.4 is 16.4 Å². The predicted octanol–water partition coefficient (Wildman–Crippen LogP) is 1.56. The third kappa shape index (κ3) is 2.48. The van der Waals surface area contributed by atoms with Crippen LogP contribution in [0.4, 0.5) is 11.4 Å². The first-order valence-electron chi connectivity index (χ1n) is 6.58. The molecule has 102 valence electrons. The van der Waals surface area contributed by atoms with Gasteiger partial charge in [0.25, 0.3) is 5.91 Å². The van der Waals surface area contributed by atoms with Crippen LogP contribution in [0.15, 0.2) is 36.5 Å². The number of hydrogen-bond donors (Lipinski definition) is 3. The van der Waals surface area contributed by atoms with E-state index in [9.17, 15) is 4.79 Å². The molecule has 1 aliphatic heterocycles. The molecule has 2 aromatic rings. The normalized spacial score (nSPS) is 13.6. The maximum absolute atomic E-state index is 12.4. The highest BCUT2D eigenvalue weighted by molar-refractivity contribution is 6.04. The van der Waals surface area contributed by atoms with Crippen molar-refractivity contribution in [1.82, 2.24) is 10.3 Å². The number of anilines is 2. The van der Waals surface area contributed by atoms with Crippen LogP contribution in [0.1, 0.15) is 21.6 Å². The van der Waals surface area contributed by atoms with Gasteiger partial charge in [0.15, 0.2) is 0 Å². The summed E-state index contributed by atoms with van der Waals surface area (Å²) in [5.74, 6) is -0.198. The maximum Gasteiger partial charge on any atom is 0.274 e. The quantitative estimate of drug-likeness (QED) is 0.722. The number of nitrogens with one attached hydrogen (secondary N) is 2. The van der Waals surface area contributed by atoms with Crippen molar-refractivity contribution in [3.05, 3.63) is 53.3 Å². The maximum atomic E-state index is 12.4. The Kier molecular flexibility index (Phi) is 3.35. The number of carbonyl (C=O) groups excluding carboxylic acids is 1. The fourth-order valence-corrected chi connectivity index (χ4v) is 2.40. The van der Waals surface area contributed by atoms with Gasteiger partial charge in [0.05, 0.1) is 0 Å². The minimum atomic E-state index is -0.198.